The van der Waals surface area contributed by atoms with Gasteiger partial charge in [0.25, 0.3) is 0 Å². The maximum Gasteiger partial charge on any atom is 0.222 e. The molecule has 0 saturated heterocycles. The maximum absolute atomic E-state index is 12.4. The second kappa shape index (κ2) is 8.86. The Kier molecular flexibility index (Phi) is 6.56. The van der Waals surface area contributed by atoms with Gasteiger partial charge in [-0.15, -0.1) is 0 Å². The maximum atomic E-state index is 12.4. The highest BCUT2D eigenvalue weighted by molar-refractivity contribution is 5.79. The Morgan fingerprint density at radius 2 is 1.96 bits per heavy atom. The highest BCUT2D eigenvalue weighted by Crippen LogP contribution is 2.20. The summed E-state index contributed by atoms with van der Waals surface area (Å²) in [4.78, 5) is 27.8. The summed E-state index contributed by atoms with van der Waals surface area (Å²) in [6.45, 7) is 4.01. The molecule has 0 radical (unpaired) electrons. The molecule has 0 unspecified atom stereocenters. The van der Waals surface area contributed by atoms with E-state index in [1.54, 1.807) is 19.6 Å². The summed E-state index contributed by atoms with van der Waals surface area (Å²) >= 11 is 0. The summed E-state index contributed by atoms with van der Waals surface area (Å²) in [5.41, 5.74) is 0.855. The number of amides is 2. The third-order valence-corrected chi connectivity index (χ3v) is 3.74. The molecule has 1 heterocycles. The fourth-order valence-corrected chi connectivity index (χ4v) is 2.61. The Labute approximate surface area is 147 Å². The SMILES string of the molecule is COc1ccc([C@H](CC(=O)N[C@H](C)Cn2ccnc2)NC(C)=O)cc1. The number of carbonyl (C=O) groups excluding carboxylic acids is 2. The molecule has 2 atom stereocenters. The molecule has 2 amide bonds. The van der Waals surface area contributed by atoms with Crippen LogP contribution in [-0.4, -0.2) is 34.5 Å². The second-order valence-corrected chi connectivity index (χ2v) is 5.96. The van der Waals surface area contributed by atoms with E-state index in [0.717, 1.165) is 11.3 Å². The number of hydrogen-bond acceptors (Lipinski definition) is 4. The third-order valence-electron chi connectivity index (χ3n) is 3.74. The van der Waals surface area contributed by atoms with E-state index in [-0.39, 0.29) is 30.3 Å². The molecule has 2 aromatic rings. The fourth-order valence-electron chi connectivity index (χ4n) is 2.61. The summed E-state index contributed by atoms with van der Waals surface area (Å²) in [6, 6.07) is 6.89. The first-order valence-corrected chi connectivity index (χ1v) is 8.14. The lowest BCUT2D eigenvalue weighted by Gasteiger charge is -2.20. The van der Waals surface area contributed by atoms with Crippen molar-refractivity contribution in [3.05, 3.63) is 48.5 Å². The normalized spacial score (nSPS) is 12.9. The van der Waals surface area contributed by atoms with E-state index in [1.165, 1.54) is 6.92 Å². The number of nitrogens with one attached hydrogen (secondary N) is 2. The molecule has 134 valence electrons. The van der Waals surface area contributed by atoms with E-state index in [4.69, 9.17) is 4.74 Å². The molecular weight excluding hydrogens is 320 g/mol. The zero-order chi connectivity index (χ0) is 18.2. The number of hydrogen-bond donors (Lipinski definition) is 2. The number of ether oxygens (including phenoxy) is 1. The van der Waals surface area contributed by atoms with Gasteiger partial charge in [-0.1, -0.05) is 12.1 Å². The highest BCUT2D eigenvalue weighted by Gasteiger charge is 2.18. The van der Waals surface area contributed by atoms with E-state index < -0.39 is 0 Å². The summed E-state index contributed by atoms with van der Waals surface area (Å²) in [5.74, 6) is 0.422. The molecule has 0 saturated carbocycles. The number of carbonyl (C=O) groups is 2. The van der Waals surface area contributed by atoms with Gasteiger partial charge in [0.15, 0.2) is 0 Å². The molecule has 0 aliphatic heterocycles. The number of rotatable bonds is 8. The van der Waals surface area contributed by atoms with E-state index in [9.17, 15) is 9.59 Å². The van der Waals surface area contributed by atoms with Crippen LogP contribution in [0.2, 0.25) is 0 Å². The minimum atomic E-state index is -0.385. The van der Waals surface area contributed by atoms with Crippen LogP contribution in [0.3, 0.4) is 0 Å². The van der Waals surface area contributed by atoms with E-state index in [1.807, 2.05) is 42.0 Å². The lowest BCUT2D eigenvalue weighted by Crippen LogP contribution is -2.38. The summed E-state index contributed by atoms with van der Waals surface area (Å²) in [6.07, 6.45) is 5.42. The zero-order valence-corrected chi connectivity index (χ0v) is 14.7. The van der Waals surface area contributed by atoms with Gasteiger partial charge in [-0.25, -0.2) is 4.98 Å². The molecule has 2 rings (SSSR count). The molecule has 1 aromatic heterocycles. The smallest absolute Gasteiger partial charge is 0.222 e. The van der Waals surface area contributed by atoms with Crippen LogP contribution >= 0.6 is 0 Å². The minimum absolute atomic E-state index is 0.0458. The van der Waals surface area contributed by atoms with Crippen molar-refractivity contribution in [3.8, 4) is 5.75 Å². The molecule has 0 spiro atoms. The van der Waals surface area contributed by atoms with Gasteiger partial charge < -0.3 is 19.9 Å². The Bertz CT molecular complexity index is 683. The molecule has 0 aliphatic rings. The van der Waals surface area contributed by atoms with Gasteiger partial charge in [0.2, 0.25) is 11.8 Å². The molecule has 0 aliphatic carbocycles. The van der Waals surface area contributed by atoms with Gasteiger partial charge in [-0.3, -0.25) is 9.59 Å². The van der Waals surface area contributed by atoms with Crippen molar-refractivity contribution in [1.29, 1.82) is 0 Å². The predicted molar refractivity (Wildman–Crippen MR) is 94.0 cm³/mol. The second-order valence-electron chi connectivity index (χ2n) is 5.96. The van der Waals surface area contributed by atoms with Crippen LogP contribution in [0.15, 0.2) is 43.0 Å². The Morgan fingerprint density at radius 3 is 2.52 bits per heavy atom. The molecule has 7 heteroatoms. The van der Waals surface area contributed by atoms with Crippen molar-refractivity contribution in [2.45, 2.75) is 38.9 Å². The average molecular weight is 344 g/mol. The lowest BCUT2D eigenvalue weighted by atomic mass is 10.0. The number of methoxy groups -OCH3 is 1. The summed E-state index contributed by atoms with van der Waals surface area (Å²) in [5, 5.41) is 5.78. The highest BCUT2D eigenvalue weighted by atomic mass is 16.5. The first kappa shape index (κ1) is 18.5. The molecule has 2 N–H and O–H groups in total. The number of nitrogens with zero attached hydrogens (tertiary/aromatic N) is 2. The fraction of sp³-hybridized carbons (Fsp3) is 0.389. The Balaban J connectivity index is 1.97. The largest absolute Gasteiger partial charge is 0.497 e. The standard InChI is InChI=1S/C18H24N4O3/c1-13(11-22-9-8-19-12-22)20-18(24)10-17(21-14(2)23)15-4-6-16(25-3)7-5-15/h4-9,12-13,17H,10-11H2,1-3H3,(H,20,24)(H,21,23)/t13-,17+/m1/s1. The van der Waals surface area contributed by atoms with Crippen molar-refractivity contribution < 1.29 is 14.3 Å². The van der Waals surface area contributed by atoms with Crippen molar-refractivity contribution >= 4 is 11.8 Å². The molecule has 25 heavy (non-hydrogen) atoms. The summed E-state index contributed by atoms with van der Waals surface area (Å²) in [7, 11) is 1.59. The molecule has 0 bridgehead atoms. The number of imidazole rings is 1. The van der Waals surface area contributed by atoms with Crippen LogP contribution < -0.4 is 15.4 Å². The monoisotopic (exact) mass is 344 g/mol. The van der Waals surface area contributed by atoms with Gasteiger partial charge in [-0.2, -0.15) is 0 Å². The quantitative estimate of drug-likeness (QED) is 0.763. The van der Waals surface area contributed by atoms with E-state index >= 15 is 0 Å². The first-order valence-electron chi connectivity index (χ1n) is 8.14. The van der Waals surface area contributed by atoms with Crippen LogP contribution in [-0.2, 0) is 16.1 Å². The topological polar surface area (TPSA) is 85.2 Å². The van der Waals surface area contributed by atoms with Gasteiger partial charge in [-0.05, 0) is 24.6 Å². The van der Waals surface area contributed by atoms with E-state index in [0.29, 0.717) is 6.54 Å². The van der Waals surface area contributed by atoms with Crippen LogP contribution in [0.1, 0.15) is 31.9 Å². The van der Waals surface area contributed by atoms with Crippen molar-refractivity contribution in [2.75, 3.05) is 7.11 Å². The average Bonchev–Trinajstić information content (AvgIpc) is 3.06. The van der Waals surface area contributed by atoms with Crippen LogP contribution in [0.5, 0.6) is 5.75 Å². The Morgan fingerprint density at radius 1 is 1.24 bits per heavy atom. The summed E-state index contributed by atoms with van der Waals surface area (Å²) < 4.78 is 7.04. The van der Waals surface area contributed by atoms with Crippen molar-refractivity contribution in [1.82, 2.24) is 20.2 Å². The molecule has 1 aromatic carbocycles. The van der Waals surface area contributed by atoms with Crippen LogP contribution in [0.4, 0.5) is 0 Å². The predicted octanol–water partition coefficient (Wildman–Crippen LogP) is 1.66. The van der Waals surface area contributed by atoms with Gasteiger partial charge in [0.1, 0.15) is 5.75 Å². The zero-order valence-electron chi connectivity index (χ0n) is 14.7. The Hall–Kier alpha value is -2.83. The van der Waals surface area contributed by atoms with Crippen LogP contribution in [0.25, 0.3) is 0 Å². The van der Waals surface area contributed by atoms with Crippen molar-refractivity contribution in [3.63, 3.8) is 0 Å². The van der Waals surface area contributed by atoms with Crippen molar-refractivity contribution in [2.24, 2.45) is 0 Å². The van der Waals surface area contributed by atoms with Gasteiger partial charge in [0.05, 0.1) is 25.9 Å². The third kappa shape index (κ3) is 5.95. The first-order chi connectivity index (χ1) is 12.0. The van der Waals surface area contributed by atoms with Gasteiger partial charge in [0, 0.05) is 31.9 Å². The molecular formula is C18H24N4O3. The van der Waals surface area contributed by atoms with Gasteiger partial charge >= 0.3 is 0 Å². The number of benzene rings is 1. The molecule has 0 fully saturated rings. The number of aromatic nitrogens is 2. The molecule has 7 nitrogen and oxygen atoms in total. The van der Waals surface area contributed by atoms with Crippen LogP contribution in [0, 0.1) is 0 Å². The lowest BCUT2D eigenvalue weighted by molar-refractivity contribution is -0.123. The minimum Gasteiger partial charge on any atom is -0.497 e. The van der Waals surface area contributed by atoms with E-state index in [2.05, 4.69) is 15.6 Å².